The Labute approximate surface area is 135 Å². The third-order valence-corrected chi connectivity index (χ3v) is 4.45. The van der Waals surface area contributed by atoms with Crippen molar-refractivity contribution in [3.63, 3.8) is 0 Å². The summed E-state index contributed by atoms with van der Waals surface area (Å²) in [5, 5.41) is 1.00. The van der Waals surface area contributed by atoms with Crippen molar-refractivity contribution in [1.82, 2.24) is 9.80 Å². The van der Waals surface area contributed by atoms with Gasteiger partial charge in [-0.05, 0) is 25.0 Å². The van der Waals surface area contributed by atoms with E-state index in [1.165, 1.54) is 0 Å². The highest BCUT2D eigenvalue weighted by Gasteiger charge is 2.21. The Balaban J connectivity index is 1.69. The van der Waals surface area contributed by atoms with Crippen LogP contribution >= 0.6 is 0 Å². The molecule has 1 aromatic heterocycles. The number of furan rings is 1. The molecule has 1 aliphatic heterocycles. The molecule has 122 valence electrons. The Morgan fingerprint density at radius 3 is 2.65 bits per heavy atom. The van der Waals surface area contributed by atoms with Gasteiger partial charge in [0.1, 0.15) is 5.58 Å². The van der Waals surface area contributed by atoms with Crippen LogP contribution in [0, 0.1) is 6.92 Å². The molecular formula is C18H22N2O3. The lowest BCUT2D eigenvalue weighted by molar-refractivity contribution is -0.132. The molecule has 5 nitrogen and oxygen atoms in total. The molecular weight excluding hydrogens is 292 g/mol. The zero-order valence-corrected chi connectivity index (χ0v) is 13.7. The number of amides is 2. The average molecular weight is 314 g/mol. The third-order valence-electron chi connectivity index (χ3n) is 4.45. The monoisotopic (exact) mass is 314 g/mol. The van der Waals surface area contributed by atoms with Gasteiger partial charge in [-0.25, -0.2) is 0 Å². The van der Waals surface area contributed by atoms with Crippen LogP contribution in [0.4, 0.5) is 0 Å². The van der Waals surface area contributed by atoms with Crippen LogP contribution in [0.15, 0.2) is 28.9 Å². The molecule has 1 saturated heterocycles. The molecule has 23 heavy (non-hydrogen) atoms. The Bertz CT molecular complexity index is 735. The number of benzene rings is 1. The van der Waals surface area contributed by atoms with E-state index in [2.05, 4.69) is 0 Å². The highest BCUT2D eigenvalue weighted by atomic mass is 16.3. The predicted octanol–water partition coefficient (Wildman–Crippen LogP) is 2.36. The fraction of sp³-hybridized carbons (Fsp3) is 0.444. The number of carbonyl (C=O) groups excluding carboxylic acids is 2. The molecule has 0 saturated carbocycles. The van der Waals surface area contributed by atoms with Crippen LogP contribution in [0.1, 0.15) is 24.5 Å². The summed E-state index contributed by atoms with van der Waals surface area (Å²) in [7, 11) is 0. The Morgan fingerprint density at radius 2 is 1.87 bits per heavy atom. The normalized spacial score (nSPS) is 15.7. The topological polar surface area (TPSA) is 53.8 Å². The van der Waals surface area contributed by atoms with Gasteiger partial charge in [-0.1, -0.05) is 12.1 Å². The summed E-state index contributed by atoms with van der Waals surface area (Å²) >= 11 is 0. The maximum Gasteiger partial charge on any atom is 0.227 e. The van der Waals surface area contributed by atoms with Gasteiger partial charge < -0.3 is 14.2 Å². The zero-order chi connectivity index (χ0) is 16.4. The van der Waals surface area contributed by atoms with E-state index in [4.69, 9.17) is 4.42 Å². The van der Waals surface area contributed by atoms with E-state index in [-0.39, 0.29) is 11.8 Å². The Kier molecular flexibility index (Phi) is 4.37. The Hall–Kier alpha value is -2.30. The standard InChI is InChI=1S/C18H22N2O3/c1-13-4-5-16-15(12-23-17(16)10-13)11-18(22)20-7-3-6-19(8-9-20)14(2)21/h4-5,10,12H,3,6-9,11H2,1-2H3. The molecule has 0 bridgehead atoms. The smallest absolute Gasteiger partial charge is 0.227 e. The minimum absolute atomic E-state index is 0.0792. The van der Waals surface area contributed by atoms with Crippen molar-refractivity contribution >= 4 is 22.8 Å². The van der Waals surface area contributed by atoms with E-state index in [1.54, 1.807) is 13.2 Å². The zero-order valence-electron chi connectivity index (χ0n) is 13.7. The van der Waals surface area contributed by atoms with Gasteiger partial charge in [0.2, 0.25) is 11.8 Å². The number of nitrogens with zero attached hydrogens (tertiary/aromatic N) is 2. The second kappa shape index (κ2) is 6.44. The first kappa shape index (κ1) is 15.6. The molecule has 0 N–H and O–H groups in total. The van der Waals surface area contributed by atoms with E-state index in [9.17, 15) is 9.59 Å². The van der Waals surface area contributed by atoms with Crippen molar-refractivity contribution in [3.05, 3.63) is 35.6 Å². The van der Waals surface area contributed by atoms with Gasteiger partial charge in [-0.3, -0.25) is 9.59 Å². The average Bonchev–Trinajstić information content (AvgIpc) is 2.74. The van der Waals surface area contributed by atoms with Crippen molar-refractivity contribution in [3.8, 4) is 0 Å². The molecule has 2 amide bonds. The minimum Gasteiger partial charge on any atom is -0.464 e. The summed E-state index contributed by atoms with van der Waals surface area (Å²) in [6, 6.07) is 6.03. The van der Waals surface area contributed by atoms with Crippen LogP contribution in [0.5, 0.6) is 0 Å². The highest BCUT2D eigenvalue weighted by Crippen LogP contribution is 2.23. The number of hydrogen-bond acceptors (Lipinski definition) is 3. The molecule has 1 fully saturated rings. The van der Waals surface area contributed by atoms with Crippen molar-refractivity contribution in [2.45, 2.75) is 26.7 Å². The quantitative estimate of drug-likeness (QED) is 0.855. The molecule has 0 aliphatic carbocycles. The van der Waals surface area contributed by atoms with Gasteiger partial charge in [0, 0.05) is 44.1 Å². The summed E-state index contributed by atoms with van der Waals surface area (Å²) in [6.45, 7) is 6.26. The molecule has 0 spiro atoms. The van der Waals surface area contributed by atoms with Crippen molar-refractivity contribution in [2.24, 2.45) is 0 Å². The highest BCUT2D eigenvalue weighted by molar-refractivity contribution is 5.88. The van der Waals surface area contributed by atoms with Crippen molar-refractivity contribution < 1.29 is 14.0 Å². The molecule has 5 heteroatoms. The van der Waals surface area contributed by atoms with Gasteiger partial charge in [0.05, 0.1) is 12.7 Å². The van der Waals surface area contributed by atoms with Crippen LogP contribution in [-0.2, 0) is 16.0 Å². The summed E-state index contributed by atoms with van der Waals surface area (Å²) < 4.78 is 5.57. The fourth-order valence-corrected chi connectivity index (χ4v) is 3.08. The second-order valence-corrected chi connectivity index (χ2v) is 6.18. The van der Waals surface area contributed by atoms with Crippen LogP contribution in [-0.4, -0.2) is 47.8 Å². The first-order valence-electron chi connectivity index (χ1n) is 8.04. The lowest BCUT2D eigenvalue weighted by Crippen LogP contribution is -2.37. The number of rotatable bonds is 2. The number of hydrogen-bond donors (Lipinski definition) is 0. The van der Waals surface area contributed by atoms with E-state index < -0.39 is 0 Å². The molecule has 2 aromatic rings. The lowest BCUT2D eigenvalue weighted by atomic mass is 10.1. The second-order valence-electron chi connectivity index (χ2n) is 6.18. The van der Waals surface area contributed by atoms with E-state index in [0.29, 0.717) is 26.1 Å². The summed E-state index contributed by atoms with van der Waals surface area (Å²) in [4.78, 5) is 27.7. The molecule has 2 heterocycles. The largest absolute Gasteiger partial charge is 0.464 e. The molecule has 0 atom stereocenters. The molecule has 1 aliphatic rings. The van der Waals surface area contributed by atoms with Crippen LogP contribution < -0.4 is 0 Å². The molecule has 0 radical (unpaired) electrons. The van der Waals surface area contributed by atoms with E-state index in [0.717, 1.165) is 35.1 Å². The summed E-state index contributed by atoms with van der Waals surface area (Å²) in [6.07, 6.45) is 2.86. The van der Waals surface area contributed by atoms with Gasteiger partial charge in [0.15, 0.2) is 0 Å². The maximum atomic E-state index is 12.6. The first-order valence-corrected chi connectivity index (χ1v) is 8.04. The van der Waals surface area contributed by atoms with Crippen molar-refractivity contribution in [1.29, 1.82) is 0 Å². The van der Waals surface area contributed by atoms with Crippen LogP contribution in [0.3, 0.4) is 0 Å². The number of carbonyl (C=O) groups is 2. The van der Waals surface area contributed by atoms with Crippen molar-refractivity contribution in [2.75, 3.05) is 26.2 Å². The van der Waals surface area contributed by atoms with E-state index >= 15 is 0 Å². The SMILES string of the molecule is CC(=O)N1CCCN(C(=O)Cc2coc3cc(C)ccc23)CC1. The van der Waals surface area contributed by atoms with Crippen LogP contribution in [0.2, 0.25) is 0 Å². The van der Waals surface area contributed by atoms with E-state index in [1.807, 2.05) is 34.9 Å². The van der Waals surface area contributed by atoms with Gasteiger partial charge in [-0.15, -0.1) is 0 Å². The molecule has 0 unspecified atom stereocenters. The number of fused-ring (bicyclic) bond motifs is 1. The maximum absolute atomic E-state index is 12.6. The Morgan fingerprint density at radius 1 is 1.13 bits per heavy atom. The van der Waals surface area contributed by atoms with Gasteiger partial charge >= 0.3 is 0 Å². The van der Waals surface area contributed by atoms with Gasteiger partial charge in [0.25, 0.3) is 0 Å². The third kappa shape index (κ3) is 3.38. The fourth-order valence-electron chi connectivity index (χ4n) is 3.08. The molecule has 1 aromatic carbocycles. The summed E-state index contributed by atoms with van der Waals surface area (Å²) in [5.41, 5.74) is 2.89. The lowest BCUT2D eigenvalue weighted by Gasteiger charge is -2.21. The first-order chi connectivity index (χ1) is 11.0. The van der Waals surface area contributed by atoms with Crippen LogP contribution in [0.25, 0.3) is 11.0 Å². The number of aryl methyl sites for hydroxylation is 1. The molecule has 3 rings (SSSR count). The summed E-state index contributed by atoms with van der Waals surface area (Å²) in [5.74, 6) is 0.175. The van der Waals surface area contributed by atoms with Gasteiger partial charge in [-0.2, -0.15) is 0 Å². The predicted molar refractivity (Wildman–Crippen MR) is 88.1 cm³/mol. The minimum atomic E-state index is 0.0792.